The minimum Gasteiger partial charge on any atom is -0.491 e. The van der Waals surface area contributed by atoms with E-state index in [4.69, 9.17) is 4.74 Å². The normalized spacial score (nSPS) is 15.1. The van der Waals surface area contributed by atoms with Gasteiger partial charge < -0.3 is 9.84 Å². The van der Waals surface area contributed by atoms with Crippen LogP contribution in [0.4, 0.5) is 22.0 Å². The highest BCUT2D eigenvalue weighted by Gasteiger charge is 2.38. The summed E-state index contributed by atoms with van der Waals surface area (Å²) in [6.45, 7) is 3.21. The fourth-order valence-electron chi connectivity index (χ4n) is 4.36. The Balaban J connectivity index is 2.04. The highest BCUT2D eigenvalue weighted by Crippen LogP contribution is 2.42. The highest BCUT2D eigenvalue weighted by atomic mass is 32.2. The maximum Gasteiger partial charge on any atom is 0.416 e. The van der Waals surface area contributed by atoms with Gasteiger partial charge in [-0.05, 0) is 43.2 Å². The van der Waals surface area contributed by atoms with Gasteiger partial charge in [-0.15, -0.1) is 11.8 Å². The number of carboxylic acid groups (broad SMARTS) is 1. The predicted molar refractivity (Wildman–Crippen MR) is 124 cm³/mol. The molecule has 0 amide bonds. The second kappa shape index (κ2) is 9.61. The van der Waals surface area contributed by atoms with E-state index in [1.165, 1.54) is 25.1 Å². The van der Waals surface area contributed by atoms with Crippen LogP contribution in [0.2, 0.25) is 0 Å². The van der Waals surface area contributed by atoms with E-state index in [1.807, 2.05) is 0 Å². The third-order valence-corrected chi connectivity index (χ3v) is 7.22. The molecule has 0 spiro atoms. The average molecular weight is 525 g/mol. The molecule has 1 aromatic heterocycles. The summed E-state index contributed by atoms with van der Waals surface area (Å²) in [5.74, 6) is -3.50. The van der Waals surface area contributed by atoms with Crippen LogP contribution >= 0.6 is 11.8 Å². The van der Waals surface area contributed by atoms with Gasteiger partial charge in [-0.2, -0.15) is 13.2 Å². The van der Waals surface area contributed by atoms with E-state index in [0.29, 0.717) is 0 Å². The first-order chi connectivity index (χ1) is 17.0. The minimum atomic E-state index is -4.85. The number of halogens is 5. The van der Waals surface area contributed by atoms with Crippen LogP contribution in [0.15, 0.2) is 46.2 Å². The van der Waals surface area contributed by atoms with Gasteiger partial charge in [0.05, 0.1) is 22.8 Å². The number of aliphatic carboxylic acids is 1. The second-order valence-corrected chi connectivity index (χ2v) is 9.12. The molecule has 2 aromatic carbocycles. The third-order valence-electron chi connectivity index (χ3n) is 6.02. The second-order valence-electron chi connectivity index (χ2n) is 8.12. The lowest BCUT2D eigenvalue weighted by Gasteiger charge is -2.21. The number of aromatic nitrogens is 1. The Labute approximate surface area is 206 Å². The topological polar surface area (TPSA) is 68.5 Å². The molecule has 0 bridgehead atoms. The summed E-state index contributed by atoms with van der Waals surface area (Å²) in [6, 6.07) is 5.38. The summed E-state index contributed by atoms with van der Waals surface area (Å²) in [7, 11) is 0. The molecule has 1 atom stereocenters. The van der Waals surface area contributed by atoms with Gasteiger partial charge in [-0.25, -0.2) is 13.6 Å². The van der Waals surface area contributed by atoms with Crippen LogP contribution in [0.3, 0.4) is 0 Å². The molecule has 0 fully saturated rings. The highest BCUT2D eigenvalue weighted by molar-refractivity contribution is 7.99. The number of fused-ring (bicyclic) bond motifs is 1. The minimum absolute atomic E-state index is 0.0642. The van der Waals surface area contributed by atoms with Gasteiger partial charge in [0.15, 0.2) is 11.6 Å². The molecular weight excluding hydrogens is 505 g/mol. The van der Waals surface area contributed by atoms with Gasteiger partial charge in [0, 0.05) is 23.3 Å². The molecule has 5 nitrogen and oxygen atoms in total. The first-order valence-corrected chi connectivity index (χ1v) is 11.9. The summed E-state index contributed by atoms with van der Waals surface area (Å²) in [5, 5.41) is 9.80. The maximum absolute atomic E-state index is 15.4. The average Bonchev–Trinajstić information content (AvgIpc) is 3.25. The smallest absolute Gasteiger partial charge is 0.416 e. The van der Waals surface area contributed by atoms with Gasteiger partial charge in [0.25, 0.3) is 5.56 Å². The van der Waals surface area contributed by atoms with Crippen molar-refractivity contribution in [2.45, 2.75) is 37.5 Å². The fraction of sp³-hybridized carbons (Fsp3) is 0.280. The zero-order valence-electron chi connectivity index (χ0n) is 19.1. The molecule has 2 heterocycles. The summed E-state index contributed by atoms with van der Waals surface area (Å²) in [5.41, 5.74) is -2.79. The van der Waals surface area contributed by atoms with Gasteiger partial charge in [0.1, 0.15) is 11.9 Å². The number of pyridine rings is 1. The molecule has 3 aromatic rings. The van der Waals surface area contributed by atoms with E-state index in [9.17, 15) is 32.3 Å². The molecule has 36 heavy (non-hydrogen) atoms. The summed E-state index contributed by atoms with van der Waals surface area (Å²) in [6.07, 6.45) is -5.43. The number of carbonyl (C=O) groups is 1. The first kappa shape index (κ1) is 25.7. The van der Waals surface area contributed by atoms with Gasteiger partial charge >= 0.3 is 12.1 Å². The van der Waals surface area contributed by atoms with Crippen molar-refractivity contribution >= 4 is 17.7 Å². The van der Waals surface area contributed by atoms with Crippen molar-refractivity contribution in [1.82, 2.24) is 4.57 Å². The van der Waals surface area contributed by atoms with Crippen molar-refractivity contribution in [2.75, 3.05) is 12.4 Å². The van der Waals surface area contributed by atoms with E-state index in [-0.39, 0.29) is 45.4 Å². The van der Waals surface area contributed by atoms with Crippen LogP contribution in [0.25, 0.3) is 11.1 Å². The lowest BCUT2D eigenvalue weighted by atomic mass is 9.92. The molecule has 0 radical (unpaired) electrons. The van der Waals surface area contributed by atoms with Crippen LogP contribution < -0.4 is 10.3 Å². The van der Waals surface area contributed by atoms with Crippen LogP contribution in [0, 0.1) is 18.6 Å². The Morgan fingerprint density at radius 1 is 1.17 bits per heavy atom. The molecule has 1 aliphatic rings. The quantitative estimate of drug-likeness (QED) is 0.410. The van der Waals surface area contributed by atoms with Crippen molar-refractivity contribution in [3.8, 4) is 16.9 Å². The Morgan fingerprint density at radius 2 is 1.86 bits per heavy atom. The SMILES string of the molecule is CCOc1cccc(-c2c(C)c(Cc3c(F)cccc3C(F)(F)F)c3n(c2=O)C(C(=O)O)CS3)c1F. The zero-order valence-corrected chi connectivity index (χ0v) is 19.9. The number of rotatable bonds is 6. The lowest BCUT2D eigenvalue weighted by Crippen LogP contribution is -2.31. The number of carboxylic acids is 1. The molecule has 11 heteroatoms. The first-order valence-electron chi connectivity index (χ1n) is 10.9. The van der Waals surface area contributed by atoms with Crippen LogP contribution in [-0.4, -0.2) is 28.0 Å². The number of nitrogens with zero attached hydrogens (tertiary/aromatic N) is 1. The predicted octanol–water partition coefficient (Wildman–Crippen LogP) is 5.84. The van der Waals surface area contributed by atoms with Crippen LogP contribution in [-0.2, 0) is 17.4 Å². The molecule has 0 aliphatic carbocycles. The summed E-state index contributed by atoms with van der Waals surface area (Å²) >= 11 is 0.977. The monoisotopic (exact) mass is 525 g/mol. The zero-order chi connectivity index (χ0) is 26.4. The third kappa shape index (κ3) is 4.36. The summed E-state index contributed by atoms with van der Waals surface area (Å²) in [4.78, 5) is 25.4. The van der Waals surface area contributed by atoms with Crippen molar-refractivity contribution in [3.63, 3.8) is 0 Å². The van der Waals surface area contributed by atoms with E-state index in [2.05, 4.69) is 0 Å². The Morgan fingerprint density at radius 3 is 2.50 bits per heavy atom. The van der Waals surface area contributed by atoms with E-state index in [1.54, 1.807) is 6.92 Å². The van der Waals surface area contributed by atoms with Crippen molar-refractivity contribution in [1.29, 1.82) is 0 Å². The van der Waals surface area contributed by atoms with Crippen LogP contribution in [0.5, 0.6) is 5.75 Å². The number of hydrogen-bond donors (Lipinski definition) is 1. The summed E-state index contributed by atoms with van der Waals surface area (Å²) < 4.78 is 77.3. The van der Waals surface area contributed by atoms with Gasteiger partial charge in [0.2, 0.25) is 0 Å². The molecule has 4 rings (SSSR count). The van der Waals surface area contributed by atoms with Crippen molar-refractivity contribution in [3.05, 3.63) is 80.6 Å². The molecule has 190 valence electrons. The van der Waals surface area contributed by atoms with Gasteiger partial charge in [-0.3, -0.25) is 9.36 Å². The molecule has 0 saturated heterocycles. The standard InChI is InChI=1S/C25H20F5NO4S/c1-3-35-19-9-4-6-13(21(19)27)20-12(2)14(23-31(22(20)32)18(11-36-23)24(33)34)10-15-16(25(28,29)30)7-5-8-17(15)26/h4-9,18H,3,10-11H2,1-2H3,(H,33,34). The molecule has 1 unspecified atom stereocenters. The molecule has 1 N–H and O–H groups in total. The fourth-order valence-corrected chi connectivity index (χ4v) is 5.72. The number of alkyl halides is 3. The number of ether oxygens (including phenoxy) is 1. The largest absolute Gasteiger partial charge is 0.491 e. The van der Waals surface area contributed by atoms with Crippen molar-refractivity contribution < 1.29 is 36.6 Å². The molecular formula is C25H20F5NO4S. The van der Waals surface area contributed by atoms with E-state index >= 15 is 4.39 Å². The lowest BCUT2D eigenvalue weighted by molar-refractivity contribution is -0.140. The Bertz CT molecular complexity index is 1420. The number of benzene rings is 2. The van der Waals surface area contributed by atoms with E-state index in [0.717, 1.165) is 34.5 Å². The number of hydrogen-bond acceptors (Lipinski definition) is 4. The van der Waals surface area contributed by atoms with Crippen LogP contribution in [0.1, 0.15) is 35.2 Å². The van der Waals surface area contributed by atoms with Crippen molar-refractivity contribution in [2.24, 2.45) is 0 Å². The number of thioether (sulfide) groups is 1. The Kier molecular flexibility index (Phi) is 6.87. The molecule has 1 aliphatic heterocycles. The van der Waals surface area contributed by atoms with Gasteiger partial charge in [-0.1, -0.05) is 18.2 Å². The Hall–Kier alpha value is -3.34. The van der Waals surface area contributed by atoms with E-state index < -0.39 is 52.9 Å². The maximum atomic E-state index is 15.4. The molecule has 0 saturated carbocycles.